The molecule has 3 N–H and O–H groups in total. The summed E-state index contributed by atoms with van der Waals surface area (Å²) < 4.78 is 33.6. The average molecular weight is 915 g/mol. The van der Waals surface area contributed by atoms with Crippen LogP contribution in [0.15, 0.2) is 24.3 Å². The van der Waals surface area contributed by atoms with Gasteiger partial charge < -0.3 is 24.6 Å². The van der Waals surface area contributed by atoms with Crippen molar-refractivity contribution in [3.8, 4) is 0 Å². The third kappa shape index (κ3) is 50.2. The van der Waals surface area contributed by atoms with Crippen LogP contribution in [0.4, 0.5) is 0 Å². The number of ether oxygens (including phenoxy) is 2. The van der Waals surface area contributed by atoms with E-state index in [4.69, 9.17) is 23.6 Å². The molecule has 10 heteroatoms. The van der Waals surface area contributed by atoms with E-state index >= 15 is 0 Å². The van der Waals surface area contributed by atoms with E-state index in [1.54, 1.807) is 0 Å². The van der Waals surface area contributed by atoms with Gasteiger partial charge in [0.2, 0.25) is 0 Å². The highest BCUT2D eigenvalue weighted by molar-refractivity contribution is 7.47. The zero-order valence-electron chi connectivity index (χ0n) is 41.3. The highest BCUT2D eigenvalue weighted by atomic mass is 31.2. The highest BCUT2D eigenvalue weighted by Crippen LogP contribution is 2.43. The van der Waals surface area contributed by atoms with Crippen LogP contribution in [0.3, 0.4) is 0 Å². The van der Waals surface area contributed by atoms with Gasteiger partial charge in [0.15, 0.2) is 0 Å². The standard InChI is InChI=1S/C53H103O9P/c1-3-5-7-9-11-13-15-17-19-21-23-25-26-28-30-32-34-36-38-40-42-44-46-59-49-52(50-61-63(57,58)60-48-51(55)47-54)62-53(56)45-43-41-39-37-35-33-31-29-27-24-22-20-18-16-14-12-10-8-6-4-2/h15,17,21,23,51-52,54-55H,3-14,16,18-20,22,24-50H2,1-2H3,(H,57,58)/b17-15-,23-21-. The molecule has 0 radical (unpaired) electrons. The van der Waals surface area contributed by atoms with E-state index < -0.39 is 33.2 Å². The molecule has 9 nitrogen and oxygen atoms in total. The van der Waals surface area contributed by atoms with Crippen LogP contribution in [-0.2, 0) is 27.9 Å². The van der Waals surface area contributed by atoms with Crippen LogP contribution < -0.4 is 0 Å². The Kier molecular flexibility index (Phi) is 49.5. The molecule has 3 unspecified atom stereocenters. The van der Waals surface area contributed by atoms with Crippen molar-refractivity contribution in [2.45, 2.75) is 276 Å². The summed E-state index contributed by atoms with van der Waals surface area (Å²) in [6, 6.07) is 0. The Morgan fingerprint density at radius 3 is 1.27 bits per heavy atom. The number of phosphoric ester groups is 1. The molecule has 374 valence electrons. The number of carbonyl (C=O) groups excluding carboxylic acids is 1. The maximum absolute atomic E-state index is 12.7. The topological polar surface area (TPSA) is 132 Å². The van der Waals surface area contributed by atoms with Gasteiger partial charge in [0, 0.05) is 13.0 Å². The third-order valence-corrected chi connectivity index (χ3v) is 12.8. The summed E-state index contributed by atoms with van der Waals surface area (Å²) in [5.74, 6) is -0.377. The second-order valence-corrected chi connectivity index (χ2v) is 19.7. The number of aliphatic hydroxyl groups excluding tert-OH is 2. The number of unbranched alkanes of at least 4 members (excludes halogenated alkanes) is 34. The largest absolute Gasteiger partial charge is 0.472 e. The van der Waals surface area contributed by atoms with Crippen LogP contribution in [0.25, 0.3) is 0 Å². The number of esters is 1. The van der Waals surface area contributed by atoms with Crippen molar-refractivity contribution in [2.75, 3.05) is 33.0 Å². The summed E-state index contributed by atoms with van der Waals surface area (Å²) in [4.78, 5) is 22.7. The second-order valence-electron chi connectivity index (χ2n) is 18.3. The Bertz CT molecular complexity index is 1040. The molecule has 0 aliphatic heterocycles. The molecular weight excluding hydrogens is 812 g/mol. The van der Waals surface area contributed by atoms with E-state index in [1.165, 1.54) is 199 Å². The van der Waals surface area contributed by atoms with Crippen LogP contribution in [0, 0.1) is 0 Å². The normalized spacial score (nSPS) is 13.9. The van der Waals surface area contributed by atoms with E-state index in [0.717, 1.165) is 44.9 Å². The lowest BCUT2D eigenvalue weighted by Crippen LogP contribution is -2.29. The van der Waals surface area contributed by atoms with Crippen LogP contribution in [-0.4, -0.2) is 66.3 Å². The van der Waals surface area contributed by atoms with Gasteiger partial charge in [-0.3, -0.25) is 13.8 Å². The Hall–Kier alpha value is -1.06. The van der Waals surface area contributed by atoms with Crippen LogP contribution in [0.5, 0.6) is 0 Å². The quantitative estimate of drug-likeness (QED) is 0.0236. The van der Waals surface area contributed by atoms with E-state index in [-0.39, 0.29) is 25.6 Å². The van der Waals surface area contributed by atoms with Crippen molar-refractivity contribution in [1.29, 1.82) is 0 Å². The molecule has 0 rings (SSSR count). The fourth-order valence-electron chi connectivity index (χ4n) is 7.80. The fraction of sp³-hybridized carbons (Fsp3) is 0.906. The summed E-state index contributed by atoms with van der Waals surface area (Å²) in [5, 5.41) is 18.4. The number of phosphoric acid groups is 1. The van der Waals surface area contributed by atoms with E-state index in [9.17, 15) is 19.4 Å². The summed E-state index contributed by atoms with van der Waals surface area (Å²) in [7, 11) is -4.52. The fourth-order valence-corrected chi connectivity index (χ4v) is 8.59. The van der Waals surface area contributed by atoms with Crippen molar-refractivity contribution in [3.05, 3.63) is 24.3 Å². The molecule has 63 heavy (non-hydrogen) atoms. The summed E-state index contributed by atoms with van der Waals surface area (Å²) in [6.45, 7) is 3.57. The molecule has 0 aromatic heterocycles. The van der Waals surface area contributed by atoms with E-state index in [1.807, 2.05) is 0 Å². The van der Waals surface area contributed by atoms with E-state index in [2.05, 4.69) is 38.2 Å². The average Bonchev–Trinajstić information content (AvgIpc) is 3.28. The van der Waals surface area contributed by atoms with Gasteiger partial charge in [-0.15, -0.1) is 0 Å². The molecule has 0 aromatic rings. The summed E-state index contributed by atoms with van der Waals surface area (Å²) in [5.41, 5.74) is 0. The minimum absolute atomic E-state index is 0.0519. The van der Waals surface area contributed by atoms with Crippen LogP contribution >= 0.6 is 7.82 Å². The van der Waals surface area contributed by atoms with Crippen molar-refractivity contribution in [1.82, 2.24) is 0 Å². The number of carbonyl (C=O) groups is 1. The van der Waals surface area contributed by atoms with E-state index in [0.29, 0.717) is 6.61 Å². The first kappa shape index (κ1) is 61.9. The molecular formula is C53H103O9P. The number of hydrogen-bond acceptors (Lipinski definition) is 8. The van der Waals surface area contributed by atoms with Gasteiger partial charge in [0.25, 0.3) is 0 Å². The molecule has 0 heterocycles. The highest BCUT2D eigenvalue weighted by Gasteiger charge is 2.26. The van der Waals surface area contributed by atoms with Gasteiger partial charge in [-0.25, -0.2) is 4.57 Å². The number of rotatable bonds is 52. The molecule has 0 saturated carbocycles. The minimum atomic E-state index is -4.52. The number of hydrogen-bond donors (Lipinski definition) is 3. The van der Waals surface area contributed by atoms with Crippen LogP contribution in [0.2, 0.25) is 0 Å². The Labute approximate surface area is 389 Å². The molecule has 0 fully saturated rings. The lowest BCUT2D eigenvalue weighted by Gasteiger charge is -2.20. The van der Waals surface area contributed by atoms with Crippen LogP contribution in [0.1, 0.15) is 264 Å². The van der Waals surface area contributed by atoms with Gasteiger partial charge in [0.1, 0.15) is 12.2 Å². The Balaban J connectivity index is 4.02. The zero-order chi connectivity index (χ0) is 46.0. The second kappa shape index (κ2) is 50.4. The Morgan fingerprint density at radius 1 is 0.492 bits per heavy atom. The molecule has 0 saturated heterocycles. The lowest BCUT2D eigenvalue weighted by atomic mass is 10.0. The predicted octanol–water partition coefficient (Wildman–Crippen LogP) is 15.8. The number of allylic oxidation sites excluding steroid dienone is 4. The maximum Gasteiger partial charge on any atom is 0.472 e. The predicted molar refractivity (Wildman–Crippen MR) is 265 cm³/mol. The first-order valence-electron chi connectivity index (χ1n) is 26.8. The molecule has 0 aliphatic carbocycles. The van der Waals surface area contributed by atoms with Gasteiger partial charge >= 0.3 is 13.8 Å². The lowest BCUT2D eigenvalue weighted by molar-refractivity contribution is -0.154. The first-order valence-corrected chi connectivity index (χ1v) is 28.3. The smallest absolute Gasteiger partial charge is 0.457 e. The summed E-state index contributed by atoms with van der Waals surface area (Å²) in [6.07, 6.45) is 55.7. The molecule has 0 aromatic carbocycles. The van der Waals surface area contributed by atoms with Gasteiger partial charge in [-0.05, 0) is 44.9 Å². The van der Waals surface area contributed by atoms with Gasteiger partial charge in [-0.2, -0.15) is 0 Å². The SMILES string of the molecule is CCCCCCC/C=C\C/C=C\CCCCCCCCCCCCOCC(COP(=O)(O)OCC(O)CO)OC(=O)CCCCCCCCCCCCCCCCCCCCCC. The minimum Gasteiger partial charge on any atom is -0.457 e. The molecule has 0 spiro atoms. The van der Waals surface area contributed by atoms with Crippen molar-refractivity contribution >= 4 is 13.8 Å². The van der Waals surface area contributed by atoms with Gasteiger partial charge in [0.05, 0.1) is 26.4 Å². The van der Waals surface area contributed by atoms with Crippen molar-refractivity contribution < 1.29 is 43.0 Å². The third-order valence-electron chi connectivity index (χ3n) is 11.9. The van der Waals surface area contributed by atoms with Gasteiger partial charge in [-0.1, -0.05) is 237 Å². The zero-order valence-corrected chi connectivity index (χ0v) is 42.2. The molecule has 0 aliphatic rings. The molecule has 0 amide bonds. The molecule has 0 bridgehead atoms. The summed E-state index contributed by atoms with van der Waals surface area (Å²) >= 11 is 0. The first-order chi connectivity index (χ1) is 30.8. The molecule has 3 atom stereocenters. The Morgan fingerprint density at radius 2 is 0.857 bits per heavy atom. The maximum atomic E-state index is 12.7. The van der Waals surface area contributed by atoms with Crippen molar-refractivity contribution in [3.63, 3.8) is 0 Å². The number of aliphatic hydroxyl groups is 2. The van der Waals surface area contributed by atoms with Crippen molar-refractivity contribution in [2.24, 2.45) is 0 Å². The monoisotopic (exact) mass is 915 g/mol.